The number of hydrogen-bond donors (Lipinski definition) is 0. The van der Waals surface area contributed by atoms with E-state index in [0.717, 1.165) is 22.6 Å². The van der Waals surface area contributed by atoms with E-state index in [1.54, 1.807) is 43.5 Å². The lowest BCUT2D eigenvalue weighted by atomic mass is 10.1. The van der Waals surface area contributed by atoms with Crippen molar-refractivity contribution in [3.05, 3.63) is 83.3 Å². The molecule has 1 amide bonds. The van der Waals surface area contributed by atoms with Gasteiger partial charge in [0.15, 0.2) is 11.4 Å². The van der Waals surface area contributed by atoms with E-state index in [4.69, 9.17) is 4.74 Å². The molecule has 10 heteroatoms. The second-order valence-corrected chi connectivity index (χ2v) is 9.61. The molecule has 0 aliphatic rings. The lowest BCUT2D eigenvalue weighted by Gasteiger charge is -2.29. The van der Waals surface area contributed by atoms with Crippen molar-refractivity contribution in [1.29, 1.82) is 0 Å². The van der Waals surface area contributed by atoms with Crippen LogP contribution in [0, 0.1) is 6.92 Å². The third-order valence-corrected chi connectivity index (χ3v) is 6.81. The molecule has 2 unspecified atom stereocenters. The average Bonchev–Trinajstić information content (AvgIpc) is 3.23. The van der Waals surface area contributed by atoms with Crippen molar-refractivity contribution < 1.29 is 23.1 Å². The summed E-state index contributed by atoms with van der Waals surface area (Å²) in [4.78, 5) is 33.5. The van der Waals surface area contributed by atoms with E-state index in [1.165, 1.54) is 6.92 Å². The Morgan fingerprint density at radius 3 is 2.41 bits per heavy atom. The number of benzene rings is 2. The summed E-state index contributed by atoms with van der Waals surface area (Å²) in [6.07, 6.45) is 1.54. The number of carbonyl (C=O) groups excluding carboxylic acids is 2. The fourth-order valence-corrected chi connectivity index (χ4v) is 4.59. The Morgan fingerprint density at radius 1 is 1.14 bits per heavy atom. The van der Waals surface area contributed by atoms with Gasteiger partial charge >= 0.3 is 6.09 Å². The maximum Gasteiger partial charge on any atom is 0.426 e. The smallest absolute Gasteiger partial charge is 0.426 e. The Kier molecular flexibility index (Phi) is 7.80. The molecule has 0 aliphatic heterocycles. The van der Waals surface area contributed by atoms with Crippen molar-refractivity contribution in [2.24, 2.45) is 0 Å². The van der Waals surface area contributed by atoms with Crippen molar-refractivity contribution in [1.82, 2.24) is 18.8 Å². The highest BCUT2D eigenvalue weighted by Gasteiger charge is 2.24. The number of hydrogen-bond acceptors (Lipinski definition) is 7. The highest BCUT2D eigenvalue weighted by molar-refractivity contribution is 7.77. The molecular weight excluding hydrogens is 492 g/mol. The molecule has 2 atom stereocenters. The molecule has 2 aromatic carbocycles. The predicted octanol–water partition coefficient (Wildman–Crippen LogP) is 4.72. The summed E-state index contributed by atoms with van der Waals surface area (Å²) >= 11 is -2.81. The van der Waals surface area contributed by atoms with Crippen LogP contribution in [0.3, 0.4) is 0 Å². The number of aromatic nitrogens is 3. The zero-order valence-electron chi connectivity index (χ0n) is 21.0. The highest BCUT2D eigenvalue weighted by Crippen LogP contribution is 2.23. The standard InChI is InChI=1S/C27H28N4O5S/c1-5-25-29-24-15-21(19(4)32)16-28-26(24)30(25)22-10-8-20(9-11-22)14-18(3)31(37(34)35)27(33)36-23-12-6-17(2)7-13-23/h6-13,15-16,18H,5,14H2,1-4H3,(H,34,35)/p-1. The molecule has 0 bridgehead atoms. The summed E-state index contributed by atoms with van der Waals surface area (Å²) < 4.78 is 31.6. The minimum absolute atomic E-state index is 0.0729. The van der Waals surface area contributed by atoms with Crippen LogP contribution < -0.4 is 4.74 Å². The monoisotopic (exact) mass is 519 g/mol. The largest absolute Gasteiger partial charge is 0.755 e. The van der Waals surface area contributed by atoms with Crippen molar-refractivity contribution in [3.63, 3.8) is 0 Å². The summed E-state index contributed by atoms with van der Waals surface area (Å²) in [7, 11) is 0. The molecule has 0 radical (unpaired) electrons. The predicted molar refractivity (Wildman–Crippen MR) is 139 cm³/mol. The van der Waals surface area contributed by atoms with Crippen molar-refractivity contribution in [3.8, 4) is 11.4 Å². The van der Waals surface area contributed by atoms with Gasteiger partial charge in [-0.2, -0.15) is 0 Å². The Morgan fingerprint density at radius 2 is 1.81 bits per heavy atom. The molecule has 192 valence electrons. The summed E-state index contributed by atoms with van der Waals surface area (Å²) in [5.41, 5.74) is 4.46. The van der Waals surface area contributed by atoms with E-state index < -0.39 is 23.4 Å². The van der Waals surface area contributed by atoms with Crippen LogP contribution in [0.15, 0.2) is 60.8 Å². The molecule has 0 spiro atoms. The Hall–Kier alpha value is -3.89. The number of pyridine rings is 1. The first-order chi connectivity index (χ1) is 17.7. The molecule has 2 aromatic heterocycles. The van der Waals surface area contributed by atoms with Crippen LogP contribution in [-0.4, -0.2) is 45.5 Å². The van der Waals surface area contributed by atoms with Crippen LogP contribution in [0.1, 0.15) is 48.1 Å². The summed E-state index contributed by atoms with van der Waals surface area (Å²) in [5.74, 6) is 0.998. The first-order valence-electron chi connectivity index (χ1n) is 11.8. The van der Waals surface area contributed by atoms with Crippen molar-refractivity contribution >= 4 is 34.3 Å². The van der Waals surface area contributed by atoms with E-state index >= 15 is 0 Å². The Balaban J connectivity index is 1.54. The molecule has 0 fully saturated rings. The molecule has 37 heavy (non-hydrogen) atoms. The minimum atomic E-state index is -2.81. The van der Waals surface area contributed by atoms with Crippen LogP contribution in [0.5, 0.6) is 5.75 Å². The first kappa shape index (κ1) is 26.2. The number of Topliss-reactive ketones (excluding diaryl/α,β-unsaturated/α-hetero) is 1. The number of fused-ring (bicyclic) bond motifs is 1. The number of amides is 1. The van der Waals surface area contributed by atoms with Gasteiger partial charge in [-0.15, -0.1) is 0 Å². The summed E-state index contributed by atoms with van der Waals surface area (Å²) in [6, 6.07) is 15.4. The van der Waals surface area contributed by atoms with Gasteiger partial charge in [0.05, 0.1) is 11.3 Å². The molecule has 0 N–H and O–H groups in total. The number of rotatable bonds is 8. The number of imidazole rings is 1. The third-order valence-electron chi connectivity index (χ3n) is 5.98. The van der Waals surface area contributed by atoms with Gasteiger partial charge in [-0.05, 0) is 63.1 Å². The molecule has 9 nitrogen and oxygen atoms in total. The number of aryl methyl sites for hydroxylation is 2. The molecular formula is C27H27N4O5S-. The zero-order valence-corrected chi connectivity index (χ0v) is 21.8. The molecule has 0 saturated heterocycles. The quantitative estimate of drug-likeness (QED) is 0.244. The number of ketones is 1. The number of carbonyl (C=O) groups is 2. The lowest BCUT2D eigenvalue weighted by Crippen LogP contribution is -2.42. The van der Waals surface area contributed by atoms with E-state index in [-0.39, 0.29) is 11.5 Å². The van der Waals surface area contributed by atoms with Gasteiger partial charge in [0.1, 0.15) is 17.1 Å². The van der Waals surface area contributed by atoms with Gasteiger partial charge in [-0.1, -0.05) is 36.8 Å². The Bertz CT molecular complexity index is 1460. The molecule has 0 saturated carbocycles. The molecule has 4 aromatic rings. The third kappa shape index (κ3) is 5.76. The normalized spacial score (nSPS) is 12.8. The summed E-state index contributed by atoms with van der Waals surface area (Å²) in [6.45, 7) is 7.03. The highest BCUT2D eigenvalue weighted by atomic mass is 32.2. The van der Waals surface area contributed by atoms with Gasteiger partial charge in [-0.3, -0.25) is 13.6 Å². The fraction of sp³-hybridized carbons (Fsp3) is 0.259. The second-order valence-electron chi connectivity index (χ2n) is 8.78. The van der Waals surface area contributed by atoms with Crippen molar-refractivity contribution in [2.75, 3.05) is 0 Å². The van der Waals surface area contributed by atoms with Crippen LogP contribution in [0.4, 0.5) is 4.79 Å². The Labute approximate surface area is 217 Å². The van der Waals surface area contributed by atoms with Crippen LogP contribution >= 0.6 is 0 Å². The van der Waals surface area contributed by atoms with Gasteiger partial charge in [0.2, 0.25) is 0 Å². The fourth-order valence-electron chi connectivity index (χ4n) is 4.06. The van der Waals surface area contributed by atoms with E-state index in [1.807, 2.05) is 42.7 Å². The van der Waals surface area contributed by atoms with E-state index in [0.29, 0.717) is 33.9 Å². The SMILES string of the molecule is CCc1nc2cc(C(C)=O)cnc2n1-c1ccc(CC(C)N(C(=O)Oc2ccc(C)cc2)S(=O)[O-])cc1. The van der Waals surface area contributed by atoms with Gasteiger partial charge in [-0.25, -0.2) is 19.1 Å². The molecule has 4 rings (SSSR count). The molecule has 2 heterocycles. The molecule has 0 aliphatic carbocycles. The summed E-state index contributed by atoms with van der Waals surface area (Å²) in [5, 5.41) is 0. The van der Waals surface area contributed by atoms with Crippen LogP contribution in [0.2, 0.25) is 0 Å². The second kappa shape index (κ2) is 11.0. The minimum Gasteiger partial charge on any atom is -0.755 e. The van der Waals surface area contributed by atoms with Gasteiger partial charge in [0, 0.05) is 29.9 Å². The maximum absolute atomic E-state index is 12.6. The first-order valence-corrected chi connectivity index (χ1v) is 12.9. The van der Waals surface area contributed by atoms with Crippen LogP contribution in [-0.2, 0) is 24.1 Å². The van der Waals surface area contributed by atoms with Gasteiger partial charge < -0.3 is 9.29 Å². The zero-order chi connectivity index (χ0) is 26.7. The average molecular weight is 520 g/mol. The lowest BCUT2D eigenvalue weighted by molar-refractivity contribution is 0.101. The van der Waals surface area contributed by atoms with Crippen LogP contribution in [0.25, 0.3) is 16.9 Å². The maximum atomic E-state index is 12.6. The van der Waals surface area contributed by atoms with Crippen molar-refractivity contribution in [2.45, 2.75) is 46.6 Å². The topological polar surface area (TPSA) is 117 Å². The van der Waals surface area contributed by atoms with E-state index in [9.17, 15) is 18.4 Å². The number of ether oxygens (including phenoxy) is 1. The van der Waals surface area contributed by atoms with Gasteiger partial charge in [0.25, 0.3) is 0 Å². The van der Waals surface area contributed by atoms with E-state index in [2.05, 4.69) is 9.97 Å². The number of nitrogens with zero attached hydrogens (tertiary/aromatic N) is 4.